The van der Waals surface area contributed by atoms with Crippen molar-refractivity contribution in [3.05, 3.63) is 22.8 Å². The molecule has 4 nitrogen and oxygen atoms in total. The lowest BCUT2D eigenvalue weighted by atomic mass is 10.2. The van der Waals surface area contributed by atoms with E-state index >= 15 is 0 Å². The van der Waals surface area contributed by atoms with Gasteiger partial charge in [-0.25, -0.2) is 4.98 Å². The Balaban J connectivity index is 2.08. The van der Waals surface area contributed by atoms with Crippen molar-refractivity contribution < 1.29 is 0 Å². The van der Waals surface area contributed by atoms with Gasteiger partial charge in [0.05, 0.1) is 5.56 Å². The van der Waals surface area contributed by atoms with Gasteiger partial charge >= 0.3 is 0 Å². The Hall–Kier alpha value is -1.31. The largest absolute Gasteiger partial charge is 0.353 e. The summed E-state index contributed by atoms with van der Waals surface area (Å²) in [5.74, 6) is 0.740. The van der Waals surface area contributed by atoms with Gasteiger partial charge in [-0.2, -0.15) is 5.26 Å². The van der Waals surface area contributed by atoms with Crippen molar-refractivity contribution in [3.8, 4) is 6.07 Å². The van der Waals surface area contributed by atoms with Crippen molar-refractivity contribution in [2.75, 3.05) is 31.1 Å². The molecule has 1 aromatic heterocycles. The highest BCUT2D eigenvalue weighted by molar-refractivity contribution is 6.34. The van der Waals surface area contributed by atoms with E-state index in [-0.39, 0.29) is 0 Å². The minimum absolute atomic E-state index is 0.474. The minimum Gasteiger partial charge on any atom is -0.353 e. The molecule has 0 spiro atoms. The van der Waals surface area contributed by atoms with Crippen LogP contribution in [0.2, 0.25) is 5.02 Å². The van der Waals surface area contributed by atoms with E-state index < -0.39 is 0 Å². The van der Waals surface area contributed by atoms with Gasteiger partial charge in [0, 0.05) is 38.4 Å². The van der Waals surface area contributed by atoms with Gasteiger partial charge in [-0.3, -0.25) is 4.90 Å². The monoisotopic (exact) mass is 278 g/mol. The van der Waals surface area contributed by atoms with Crippen LogP contribution in [0.3, 0.4) is 0 Å². The highest BCUT2D eigenvalue weighted by Gasteiger charge is 2.23. The van der Waals surface area contributed by atoms with Crippen molar-refractivity contribution in [1.29, 1.82) is 5.26 Å². The highest BCUT2D eigenvalue weighted by Crippen LogP contribution is 2.27. The summed E-state index contributed by atoms with van der Waals surface area (Å²) in [4.78, 5) is 8.98. The van der Waals surface area contributed by atoms with E-state index in [0.717, 1.165) is 32.0 Å². The third kappa shape index (κ3) is 2.99. The molecule has 1 unspecified atom stereocenters. The zero-order valence-electron chi connectivity index (χ0n) is 11.4. The van der Waals surface area contributed by atoms with Crippen molar-refractivity contribution >= 4 is 17.4 Å². The van der Waals surface area contributed by atoms with Gasteiger partial charge in [-0.1, -0.05) is 18.5 Å². The number of aromatic nitrogens is 1. The zero-order chi connectivity index (χ0) is 13.8. The Morgan fingerprint density at radius 3 is 2.68 bits per heavy atom. The van der Waals surface area contributed by atoms with Crippen LogP contribution in [0.5, 0.6) is 0 Å². The van der Waals surface area contributed by atoms with Gasteiger partial charge in [0.2, 0.25) is 0 Å². The van der Waals surface area contributed by atoms with Crippen LogP contribution in [-0.4, -0.2) is 42.1 Å². The number of piperazine rings is 1. The molecule has 1 aromatic rings. The lowest BCUT2D eigenvalue weighted by Crippen LogP contribution is -2.49. The normalized spacial score (nSPS) is 18.1. The summed E-state index contributed by atoms with van der Waals surface area (Å²) in [6.07, 6.45) is 2.82. The molecule has 1 aliphatic rings. The van der Waals surface area contributed by atoms with Crippen LogP contribution in [0, 0.1) is 11.3 Å². The number of halogens is 1. The molecule has 2 heterocycles. The quantitative estimate of drug-likeness (QED) is 0.852. The van der Waals surface area contributed by atoms with Crippen molar-refractivity contribution in [2.45, 2.75) is 26.3 Å². The number of hydrogen-bond acceptors (Lipinski definition) is 4. The second-order valence-electron chi connectivity index (χ2n) is 4.89. The first-order chi connectivity index (χ1) is 9.17. The number of pyridine rings is 1. The molecule has 0 aliphatic carbocycles. The van der Waals surface area contributed by atoms with Crippen LogP contribution in [0.1, 0.15) is 25.8 Å². The van der Waals surface area contributed by atoms with Crippen LogP contribution in [0.15, 0.2) is 12.3 Å². The van der Waals surface area contributed by atoms with Gasteiger partial charge in [0.25, 0.3) is 0 Å². The third-order valence-corrected chi connectivity index (χ3v) is 4.19. The topological polar surface area (TPSA) is 43.2 Å². The zero-order valence-corrected chi connectivity index (χ0v) is 12.2. The standard InChI is InChI=1S/C14H19ClN4/c1-3-11(2)18-6-8-19(9-7-18)14-13(15)12(10-16)4-5-17-14/h4-5,11H,3,6-9H2,1-2H3. The molecule has 0 aromatic carbocycles. The molecule has 0 N–H and O–H groups in total. The van der Waals surface area contributed by atoms with Crippen LogP contribution in [-0.2, 0) is 0 Å². The molecule has 19 heavy (non-hydrogen) atoms. The van der Waals surface area contributed by atoms with Crippen molar-refractivity contribution in [2.24, 2.45) is 0 Å². The van der Waals surface area contributed by atoms with E-state index in [2.05, 4.69) is 34.7 Å². The Morgan fingerprint density at radius 1 is 1.42 bits per heavy atom. The number of nitriles is 1. The van der Waals surface area contributed by atoms with Gasteiger partial charge < -0.3 is 4.90 Å². The average molecular weight is 279 g/mol. The van der Waals surface area contributed by atoms with Crippen LogP contribution < -0.4 is 4.90 Å². The summed E-state index contributed by atoms with van der Waals surface area (Å²) >= 11 is 6.23. The number of hydrogen-bond donors (Lipinski definition) is 0. The summed E-state index contributed by atoms with van der Waals surface area (Å²) < 4.78 is 0. The Labute approximate surface area is 119 Å². The lowest BCUT2D eigenvalue weighted by molar-refractivity contribution is 0.192. The van der Waals surface area contributed by atoms with Crippen molar-refractivity contribution in [1.82, 2.24) is 9.88 Å². The smallest absolute Gasteiger partial charge is 0.148 e. The van der Waals surface area contributed by atoms with Gasteiger partial charge in [0.15, 0.2) is 0 Å². The lowest BCUT2D eigenvalue weighted by Gasteiger charge is -2.38. The van der Waals surface area contributed by atoms with E-state index in [1.54, 1.807) is 12.3 Å². The predicted molar refractivity (Wildman–Crippen MR) is 77.5 cm³/mol. The summed E-state index contributed by atoms with van der Waals surface area (Å²) in [5, 5.41) is 9.47. The predicted octanol–water partition coefficient (Wildman–Crippen LogP) is 2.53. The first-order valence-electron chi connectivity index (χ1n) is 6.71. The maximum atomic E-state index is 9.00. The number of rotatable bonds is 3. The van der Waals surface area contributed by atoms with E-state index in [9.17, 15) is 0 Å². The molecule has 2 rings (SSSR count). The molecular formula is C14H19ClN4. The highest BCUT2D eigenvalue weighted by atomic mass is 35.5. The maximum Gasteiger partial charge on any atom is 0.148 e. The van der Waals surface area contributed by atoms with E-state index in [1.165, 1.54) is 6.42 Å². The Kier molecular flexibility index (Phi) is 4.62. The van der Waals surface area contributed by atoms with E-state index in [1.807, 2.05) is 0 Å². The van der Waals surface area contributed by atoms with Crippen molar-refractivity contribution in [3.63, 3.8) is 0 Å². The first-order valence-corrected chi connectivity index (χ1v) is 7.08. The summed E-state index contributed by atoms with van der Waals surface area (Å²) in [5.41, 5.74) is 0.496. The molecule has 102 valence electrons. The molecule has 0 amide bonds. The number of anilines is 1. The minimum atomic E-state index is 0.474. The second kappa shape index (κ2) is 6.23. The summed E-state index contributed by atoms with van der Waals surface area (Å²) in [6.45, 7) is 8.33. The Morgan fingerprint density at radius 2 is 2.11 bits per heavy atom. The SMILES string of the molecule is CCC(C)N1CCN(c2nccc(C#N)c2Cl)CC1. The van der Waals surface area contributed by atoms with Gasteiger partial charge in [-0.05, 0) is 19.4 Å². The van der Waals surface area contributed by atoms with Crippen LogP contribution >= 0.6 is 11.6 Å². The van der Waals surface area contributed by atoms with Crippen LogP contribution in [0.25, 0.3) is 0 Å². The fraction of sp³-hybridized carbons (Fsp3) is 0.571. The molecule has 1 fully saturated rings. The average Bonchev–Trinajstić information content (AvgIpc) is 2.47. The van der Waals surface area contributed by atoms with Crippen LogP contribution in [0.4, 0.5) is 5.82 Å². The molecule has 0 bridgehead atoms. The third-order valence-electron chi connectivity index (χ3n) is 3.82. The van der Waals surface area contributed by atoms with Gasteiger partial charge in [0.1, 0.15) is 16.9 Å². The first kappa shape index (κ1) is 14.1. The van der Waals surface area contributed by atoms with E-state index in [4.69, 9.17) is 16.9 Å². The molecule has 1 atom stereocenters. The maximum absolute atomic E-state index is 9.00. The summed E-state index contributed by atoms with van der Waals surface area (Å²) in [7, 11) is 0. The summed E-state index contributed by atoms with van der Waals surface area (Å²) in [6, 6.07) is 4.38. The molecular weight excluding hydrogens is 260 g/mol. The molecule has 5 heteroatoms. The fourth-order valence-electron chi connectivity index (χ4n) is 2.37. The molecule has 0 radical (unpaired) electrons. The fourth-order valence-corrected chi connectivity index (χ4v) is 2.65. The molecule has 1 aliphatic heterocycles. The molecule has 0 saturated carbocycles. The van der Waals surface area contributed by atoms with Gasteiger partial charge in [-0.15, -0.1) is 0 Å². The second-order valence-corrected chi connectivity index (χ2v) is 5.27. The number of nitrogens with zero attached hydrogens (tertiary/aromatic N) is 4. The molecule has 1 saturated heterocycles. The van der Waals surface area contributed by atoms with E-state index in [0.29, 0.717) is 16.6 Å². The Bertz CT molecular complexity index is 475.